The van der Waals surface area contributed by atoms with Crippen LogP contribution in [0.15, 0.2) is 83.8 Å². The van der Waals surface area contributed by atoms with Gasteiger partial charge in [-0.2, -0.15) is 0 Å². The monoisotopic (exact) mass is 744 g/mol. The smallest absolute Gasteiger partial charge is 0.338 e. The van der Waals surface area contributed by atoms with Gasteiger partial charge in [0.15, 0.2) is 0 Å². The highest BCUT2D eigenvalue weighted by molar-refractivity contribution is 14.1. The highest BCUT2D eigenvalue weighted by Gasteiger charge is 2.29. The first-order chi connectivity index (χ1) is 19.1. The van der Waals surface area contributed by atoms with Gasteiger partial charge in [0.1, 0.15) is 5.25 Å². The number of halogens is 5. The molecular weight excluding hydrogens is 729 g/mol. The van der Waals surface area contributed by atoms with E-state index in [0.29, 0.717) is 11.4 Å². The molecule has 0 saturated heterocycles. The van der Waals surface area contributed by atoms with Crippen LogP contribution in [0.2, 0.25) is 20.1 Å². The molecule has 4 aromatic carbocycles. The van der Waals surface area contributed by atoms with Crippen LogP contribution >= 0.6 is 80.8 Å². The first-order valence-corrected chi connectivity index (χ1v) is 14.8. The van der Waals surface area contributed by atoms with E-state index in [1.807, 2.05) is 54.6 Å². The van der Waals surface area contributed by atoms with Gasteiger partial charge in [-0.25, -0.2) is 4.79 Å². The zero-order chi connectivity index (χ0) is 29.0. The first-order valence-electron chi connectivity index (χ1n) is 11.4. The summed E-state index contributed by atoms with van der Waals surface area (Å²) in [5.74, 6) is -2.51. The number of hydrogen-bond donors (Lipinski definition) is 3. The van der Waals surface area contributed by atoms with Crippen LogP contribution in [-0.4, -0.2) is 22.9 Å². The van der Waals surface area contributed by atoms with E-state index in [-0.39, 0.29) is 21.0 Å². The zero-order valence-electron chi connectivity index (χ0n) is 20.1. The van der Waals surface area contributed by atoms with Crippen LogP contribution in [0.25, 0.3) is 0 Å². The summed E-state index contributed by atoms with van der Waals surface area (Å²) >= 11 is 27.8. The molecule has 0 radical (unpaired) electrons. The number of rotatable bonds is 8. The lowest BCUT2D eigenvalue weighted by Crippen LogP contribution is -2.19. The molecule has 40 heavy (non-hydrogen) atoms. The number of aromatic carboxylic acids is 1. The van der Waals surface area contributed by atoms with Gasteiger partial charge in [-0.15, -0.1) is 11.8 Å². The van der Waals surface area contributed by atoms with Gasteiger partial charge in [-0.05, 0) is 76.7 Å². The van der Waals surface area contributed by atoms with Crippen molar-refractivity contribution in [3.8, 4) is 0 Å². The van der Waals surface area contributed by atoms with Crippen molar-refractivity contribution < 1.29 is 19.5 Å². The van der Waals surface area contributed by atoms with Gasteiger partial charge >= 0.3 is 5.97 Å². The third kappa shape index (κ3) is 7.05. The molecule has 4 aromatic rings. The second kappa shape index (κ2) is 13.5. The minimum absolute atomic E-state index is 0.192. The summed E-state index contributed by atoms with van der Waals surface area (Å²) in [5.41, 5.74) is 0.884. The molecule has 1 atom stereocenters. The summed E-state index contributed by atoms with van der Waals surface area (Å²) in [4.78, 5) is 38.9. The molecule has 0 aromatic heterocycles. The minimum atomic E-state index is -1.49. The van der Waals surface area contributed by atoms with Gasteiger partial charge in [0.25, 0.3) is 5.91 Å². The third-order valence-electron chi connectivity index (χ3n) is 5.53. The lowest BCUT2D eigenvalue weighted by Gasteiger charge is -2.18. The van der Waals surface area contributed by atoms with Crippen molar-refractivity contribution >= 4 is 110 Å². The number of amides is 2. The van der Waals surface area contributed by atoms with E-state index in [4.69, 9.17) is 46.4 Å². The molecule has 12 heteroatoms. The van der Waals surface area contributed by atoms with Crippen molar-refractivity contribution in [2.45, 2.75) is 10.1 Å². The van der Waals surface area contributed by atoms with Crippen molar-refractivity contribution in [2.75, 3.05) is 10.6 Å². The van der Waals surface area contributed by atoms with Crippen LogP contribution in [0.5, 0.6) is 0 Å². The van der Waals surface area contributed by atoms with Crippen molar-refractivity contribution in [1.29, 1.82) is 0 Å². The summed E-state index contributed by atoms with van der Waals surface area (Å²) in [6, 6.07) is 23.6. The Kier molecular flexibility index (Phi) is 10.3. The number of nitrogens with one attached hydrogen (secondary N) is 2. The van der Waals surface area contributed by atoms with Crippen molar-refractivity contribution in [1.82, 2.24) is 0 Å². The Morgan fingerprint density at radius 3 is 1.80 bits per heavy atom. The molecule has 0 fully saturated rings. The largest absolute Gasteiger partial charge is 0.478 e. The number of carbonyl (C=O) groups is 3. The highest BCUT2D eigenvalue weighted by Crippen LogP contribution is 2.42. The van der Waals surface area contributed by atoms with E-state index in [2.05, 4.69) is 33.2 Å². The maximum absolute atomic E-state index is 13.3. The van der Waals surface area contributed by atoms with Crippen LogP contribution < -0.4 is 10.6 Å². The van der Waals surface area contributed by atoms with E-state index in [0.717, 1.165) is 14.0 Å². The molecule has 0 aliphatic rings. The number of thioether (sulfide) groups is 1. The van der Waals surface area contributed by atoms with Crippen LogP contribution in [0.3, 0.4) is 0 Å². The fourth-order valence-corrected chi connectivity index (χ4v) is 6.04. The van der Waals surface area contributed by atoms with E-state index in [1.54, 1.807) is 24.3 Å². The van der Waals surface area contributed by atoms with Gasteiger partial charge in [0.05, 0.1) is 31.2 Å². The molecular formula is C28H17Cl4IN2O4S. The number of carboxylic acids is 1. The Bertz CT molecular complexity index is 1590. The van der Waals surface area contributed by atoms with Crippen molar-refractivity contribution in [2.24, 2.45) is 0 Å². The van der Waals surface area contributed by atoms with Crippen LogP contribution in [-0.2, 0) is 4.79 Å². The van der Waals surface area contributed by atoms with E-state index < -0.39 is 33.3 Å². The predicted molar refractivity (Wildman–Crippen MR) is 171 cm³/mol. The van der Waals surface area contributed by atoms with Gasteiger partial charge in [0, 0.05) is 19.8 Å². The van der Waals surface area contributed by atoms with Crippen LogP contribution in [0.1, 0.15) is 31.5 Å². The maximum Gasteiger partial charge on any atom is 0.338 e. The van der Waals surface area contributed by atoms with E-state index in [9.17, 15) is 19.5 Å². The Morgan fingerprint density at radius 2 is 1.23 bits per heavy atom. The quantitative estimate of drug-likeness (QED) is 0.0724. The van der Waals surface area contributed by atoms with Crippen LogP contribution in [0, 0.1) is 3.57 Å². The Labute approximate surface area is 267 Å². The Balaban J connectivity index is 1.55. The fourth-order valence-electron chi connectivity index (χ4n) is 3.63. The molecule has 0 saturated carbocycles. The molecule has 3 N–H and O–H groups in total. The molecule has 2 amide bonds. The second-order valence-electron chi connectivity index (χ2n) is 8.19. The van der Waals surface area contributed by atoms with Gasteiger partial charge in [-0.1, -0.05) is 76.7 Å². The second-order valence-corrected chi connectivity index (χ2v) is 12.1. The molecule has 1 unspecified atom stereocenters. The summed E-state index contributed by atoms with van der Waals surface area (Å²) in [5, 5.41) is 13.4. The predicted octanol–water partition coefficient (Wildman–Crippen LogP) is 9.33. The van der Waals surface area contributed by atoms with Crippen LogP contribution in [0.4, 0.5) is 11.4 Å². The molecule has 0 spiro atoms. The highest BCUT2D eigenvalue weighted by atomic mass is 127. The number of hydrogen-bond acceptors (Lipinski definition) is 4. The number of carboxylic acid groups (broad SMARTS) is 1. The number of benzene rings is 4. The number of anilines is 2. The Morgan fingerprint density at radius 1 is 0.700 bits per heavy atom. The number of carbonyl (C=O) groups excluding carboxylic acids is 2. The standard InChI is InChI=1S/C28H17Cl4IN2O4S/c29-21-19(20(28(38)39)22(30)24(32)23(21)31)26(36)34-17-10-12-18(13-11-17)40-25(14-4-2-1-3-5-14)27(37)35-16-8-6-15(33)7-9-16/h1-13,25H,(H,34,36)(H,35,37)(H,38,39). The summed E-state index contributed by atoms with van der Waals surface area (Å²) < 4.78 is 1.06. The third-order valence-corrected chi connectivity index (χ3v) is 9.31. The average Bonchev–Trinajstić information content (AvgIpc) is 2.94. The van der Waals surface area contributed by atoms with E-state index >= 15 is 0 Å². The molecule has 0 heterocycles. The topological polar surface area (TPSA) is 95.5 Å². The molecule has 0 aliphatic heterocycles. The Hall–Kier alpha value is -2.47. The summed E-state index contributed by atoms with van der Waals surface area (Å²) in [6.07, 6.45) is 0. The SMILES string of the molecule is O=C(O)c1c(Cl)c(Cl)c(Cl)c(Cl)c1C(=O)Nc1ccc(SC(C(=O)Nc2ccc(I)cc2)c2ccccc2)cc1. The molecule has 0 bridgehead atoms. The van der Waals surface area contributed by atoms with Crippen molar-refractivity contribution in [3.05, 3.63) is 119 Å². The average molecular weight is 746 g/mol. The summed E-state index contributed by atoms with van der Waals surface area (Å²) in [6.45, 7) is 0. The molecule has 6 nitrogen and oxygen atoms in total. The minimum Gasteiger partial charge on any atom is -0.478 e. The van der Waals surface area contributed by atoms with Crippen molar-refractivity contribution in [3.63, 3.8) is 0 Å². The first kappa shape index (κ1) is 30.5. The lowest BCUT2D eigenvalue weighted by molar-refractivity contribution is -0.115. The lowest BCUT2D eigenvalue weighted by atomic mass is 10.1. The fraction of sp³-hybridized carbons (Fsp3) is 0.0357. The van der Waals surface area contributed by atoms with Gasteiger partial charge < -0.3 is 15.7 Å². The van der Waals surface area contributed by atoms with Gasteiger partial charge in [0.2, 0.25) is 5.91 Å². The molecule has 4 rings (SSSR count). The summed E-state index contributed by atoms with van der Waals surface area (Å²) in [7, 11) is 0. The zero-order valence-corrected chi connectivity index (χ0v) is 26.1. The molecule has 204 valence electrons. The maximum atomic E-state index is 13.3. The molecule has 0 aliphatic carbocycles. The normalized spacial score (nSPS) is 11.5. The van der Waals surface area contributed by atoms with Gasteiger partial charge in [-0.3, -0.25) is 9.59 Å². The van der Waals surface area contributed by atoms with E-state index in [1.165, 1.54) is 11.8 Å².